The highest BCUT2D eigenvalue weighted by Crippen LogP contribution is 2.32. The number of hydrogen-bond acceptors (Lipinski definition) is 4. The number of amidine groups is 1. The Bertz CT molecular complexity index is 953. The minimum Gasteiger partial charge on any atom is -0.379 e. The van der Waals surface area contributed by atoms with Gasteiger partial charge >= 0.3 is 0 Å². The number of fused-ring (bicyclic) bond motifs is 3. The Kier molecular flexibility index (Phi) is 6.17. The van der Waals surface area contributed by atoms with Crippen LogP contribution in [0.2, 0.25) is 6.04 Å². The zero-order valence-electron chi connectivity index (χ0n) is 16.0. The first-order chi connectivity index (χ1) is 14.4. The number of hydrogen-bond donors (Lipinski definition) is 1. The van der Waals surface area contributed by atoms with E-state index in [1.807, 2.05) is 11.1 Å². The number of carbonyl (C=O) groups excluding carboxylic acids is 1. The molecular weight excluding hydrogens is 479 g/mol. The van der Waals surface area contributed by atoms with Gasteiger partial charge in [-0.05, 0) is 35.0 Å². The molecule has 1 N–H and O–H groups in total. The zero-order chi connectivity index (χ0) is 21.4. The molecule has 3 aliphatic rings. The van der Waals surface area contributed by atoms with Crippen LogP contribution in [-0.4, -0.2) is 51.1 Å². The predicted octanol–water partition coefficient (Wildman–Crippen LogP) is 3.68. The minimum atomic E-state index is -2.92. The van der Waals surface area contributed by atoms with Gasteiger partial charge in [0.05, 0.1) is 39.3 Å². The molecule has 30 heavy (non-hydrogen) atoms. The first-order valence-electron chi connectivity index (χ1n) is 9.50. The number of amides is 1. The van der Waals surface area contributed by atoms with E-state index >= 15 is 0 Å². The van der Waals surface area contributed by atoms with Crippen molar-refractivity contribution in [3.8, 4) is 0 Å². The maximum Gasteiger partial charge on any atom is 0.266 e. The number of nitrogens with one attached hydrogen (secondary N) is 1. The fourth-order valence-corrected chi connectivity index (χ4v) is 5.61. The largest absolute Gasteiger partial charge is 0.379 e. The van der Waals surface area contributed by atoms with E-state index in [1.165, 1.54) is 12.1 Å². The lowest BCUT2D eigenvalue weighted by Gasteiger charge is -2.29. The second-order valence-electron chi connectivity index (χ2n) is 7.22. The van der Waals surface area contributed by atoms with Gasteiger partial charge in [-0.1, -0.05) is 18.2 Å². The summed E-state index contributed by atoms with van der Waals surface area (Å²) in [6, 6.07) is 3.89. The molecule has 5 nitrogen and oxygen atoms in total. The Morgan fingerprint density at radius 2 is 2.17 bits per heavy atom. The standard InChI is InChI=1S/C20H19BrF3N3O2Si/c1-10(12-3-2-4-13(16(12)22)17(23)24)25-19(28)14-7-11(21)8-27-18(14)26-15-9-29-5-6-30-20(15)27/h2-4,7-8,10,15,17,20H,5-6,9H2,1H3,(H,25,28)/t10-,15-,20?/m1/s1. The van der Waals surface area contributed by atoms with E-state index in [1.54, 1.807) is 13.0 Å². The van der Waals surface area contributed by atoms with E-state index in [9.17, 15) is 18.0 Å². The SMILES string of the molecule is C[C@@H](NC(=O)C1=CC(Br)=CN2C1=N[C@@H]1COCC[Si]C12)c1cccc(C(F)F)c1F. The van der Waals surface area contributed by atoms with Crippen molar-refractivity contribution in [3.05, 3.63) is 57.5 Å². The molecule has 1 aromatic carbocycles. The summed E-state index contributed by atoms with van der Waals surface area (Å²) in [7, 11) is 0.621. The molecule has 158 valence electrons. The molecule has 1 amide bonds. The maximum atomic E-state index is 14.5. The van der Waals surface area contributed by atoms with Crippen molar-refractivity contribution in [1.29, 1.82) is 0 Å². The van der Waals surface area contributed by atoms with Gasteiger partial charge in [0.2, 0.25) is 0 Å². The molecule has 0 spiro atoms. The summed E-state index contributed by atoms with van der Waals surface area (Å²) >= 11 is 3.45. The highest BCUT2D eigenvalue weighted by molar-refractivity contribution is 9.11. The van der Waals surface area contributed by atoms with Gasteiger partial charge in [0, 0.05) is 28.5 Å². The average molecular weight is 498 g/mol. The van der Waals surface area contributed by atoms with E-state index in [4.69, 9.17) is 9.73 Å². The first kappa shape index (κ1) is 21.3. The Balaban J connectivity index is 1.57. The van der Waals surface area contributed by atoms with Crippen LogP contribution in [0.3, 0.4) is 0 Å². The molecule has 0 bridgehead atoms. The van der Waals surface area contributed by atoms with Crippen LogP contribution < -0.4 is 5.32 Å². The van der Waals surface area contributed by atoms with Crippen LogP contribution in [0, 0.1) is 5.82 Å². The number of carbonyl (C=O) groups is 1. The Labute approximate surface area is 183 Å². The van der Waals surface area contributed by atoms with Crippen LogP contribution in [0.5, 0.6) is 0 Å². The summed E-state index contributed by atoms with van der Waals surface area (Å²) in [6.45, 7) is 2.77. The van der Waals surface area contributed by atoms with Crippen molar-refractivity contribution >= 4 is 37.2 Å². The van der Waals surface area contributed by atoms with Crippen molar-refractivity contribution in [1.82, 2.24) is 10.2 Å². The number of nitrogens with zero attached hydrogens (tertiary/aromatic N) is 2. The molecule has 1 unspecified atom stereocenters. The fraction of sp³-hybridized carbons (Fsp3) is 0.400. The van der Waals surface area contributed by atoms with E-state index in [0.717, 1.165) is 16.6 Å². The normalized spacial score (nSPS) is 24.3. The third-order valence-electron chi connectivity index (χ3n) is 5.22. The number of aliphatic imine (C=N–C) groups is 1. The quantitative estimate of drug-likeness (QED) is 0.645. The monoisotopic (exact) mass is 497 g/mol. The van der Waals surface area contributed by atoms with Gasteiger partial charge in [0.15, 0.2) is 0 Å². The van der Waals surface area contributed by atoms with Crippen LogP contribution in [0.25, 0.3) is 0 Å². The molecule has 1 saturated heterocycles. The molecule has 0 aromatic heterocycles. The summed E-state index contributed by atoms with van der Waals surface area (Å²) in [5.41, 5.74) is -0.176. The number of halogens is 4. The van der Waals surface area contributed by atoms with Crippen LogP contribution in [-0.2, 0) is 9.53 Å². The molecule has 3 heterocycles. The summed E-state index contributed by atoms with van der Waals surface area (Å²) in [6.07, 6.45) is 0.652. The number of benzene rings is 1. The number of alkyl halides is 2. The third-order valence-corrected chi connectivity index (χ3v) is 7.23. The van der Waals surface area contributed by atoms with Crippen molar-refractivity contribution in [2.75, 3.05) is 13.2 Å². The van der Waals surface area contributed by atoms with Crippen LogP contribution in [0.1, 0.15) is 30.5 Å². The van der Waals surface area contributed by atoms with E-state index < -0.39 is 29.8 Å². The van der Waals surface area contributed by atoms with Gasteiger partial charge in [-0.15, -0.1) is 0 Å². The van der Waals surface area contributed by atoms with Crippen molar-refractivity contribution in [3.63, 3.8) is 0 Å². The van der Waals surface area contributed by atoms with Gasteiger partial charge in [-0.2, -0.15) is 0 Å². The molecule has 10 heteroatoms. The van der Waals surface area contributed by atoms with E-state index in [-0.39, 0.29) is 17.3 Å². The molecule has 0 aliphatic carbocycles. The van der Waals surface area contributed by atoms with Gasteiger partial charge in [-0.25, -0.2) is 13.2 Å². The topological polar surface area (TPSA) is 53.9 Å². The summed E-state index contributed by atoms with van der Waals surface area (Å²) in [5, 5.41) is 2.72. The van der Waals surface area contributed by atoms with E-state index in [0.29, 0.717) is 34.1 Å². The lowest BCUT2D eigenvalue weighted by molar-refractivity contribution is -0.117. The molecule has 1 fully saturated rings. The van der Waals surface area contributed by atoms with Gasteiger partial charge < -0.3 is 15.0 Å². The summed E-state index contributed by atoms with van der Waals surface area (Å²) in [4.78, 5) is 19.8. The molecule has 3 atom stereocenters. The Hall–Kier alpha value is -1.91. The first-order valence-corrected chi connectivity index (χ1v) is 11.6. The summed E-state index contributed by atoms with van der Waals surface area (Å²) in [5.74, 6) is -0.893. The Morgan fingerprint density at radius 1 is 1.40 bits per heavy atom. The third kappa shape index (κ3) is 4.00. The van der Waals surface area contributed by atoms with Gasteiger partial charge in [0.1, 0.15) is 11.7 Å². The molecule has 4 rings (SSSR count). The number of rotatable bonds is 4. The fourth-order valence-electron chi connectivity index (χ4n) is 3.77. The highest BCUT2D eigenvalue weighted by atomic mass is 79.9. The molecule has 3 aliphatic heterocycles. The lowest BCUT2D eigenvalue weighted by atomic mass is 10.0. The second-order valence-corrected chi connectivity index (χ2v) is 9.63. The second kappa shape index (κ2) is 8.68. The molecule has 2 radical (unpaired) electrons. The lowest BCUT2D eigenvalue weighted by Crippen LogP contribution is -2.44. The Morgan fingerprint density at radius 3 is 2.93 bits per heavy atom. The average Bonchev–Trinajstić information content (AvgIpc) is 2.88. The molecule has 1 aromatic rings. The number of ether oxygens (including phenoxy) is 1. The van der Waals surface area contributed by atoms with Crippen LogP contribution >= 0.6 is 15.9 Å². The van der Waals surface area contributed by atoms with E-state index in [2.05, 4.69) is 21.2 Å². The van der Waals surface area contributed by atoms with Crippen LogP contribution in [0.15, 0.2) is 45.5 Å². The van der Waals surface area contributed by atoms with Crippen LogP contribution in [0.4, 0.5) is 13.2 Å². The highest BCUT2D eigenvalue weighted by Gasteiger charge is 2.41. The smallest absolute Gasteiger partial charge is 0.266 e. The maximum absolute atomic E-state index is 14.5. The van der Waals surface area contributed by atoms with Crippen molar-refractivity contribution < 1.29 is 22.7 Å². The van der Waals surface area contributed by atoms with Crippen molar-refractivity contribution in [2.24, 2.45) is 4.99 Å². The molecular formula is C20H19BrF3N3O2Si. The number of allylic oxidation sites excluding steroid dienone is 2. The summed E-state index contributed by atoms with van der Waals surface area (Å²) < 4.78 is 46.8. The minimum absolute atomic E-state index is 0.0115. The van der Waals surface area contributed by atoms with Gasteiger partial charge in [0.25, 0.3) is 12.3 Å². The molecule has 0 saturated carbocycles. The van der Waals surface area contributed by atoms with Gasteiger partial charge in [-0.3, -0.25) is 9.79 Å². The van der Waals surface area contributed by atoms with Crippen molar-refractivity contribution in [2.45, 2.75) is 37.1 Å². The predicted molar refractivity (Wildman–Crippen MR) is 111 cm³/mol. The zero-order valence-corrected chi connectivity index (χ0v) is 18.6.